The van der Waals surface area contributed by atoms with Crippen molar-refractivity contribution in [3.05, 3.63) is 59.9 Å². The number of carbonyl (C=O) groups is 1. The van der Waals surface area contributed by atoms with Crippen LogP contribution < -0.4 is 4.74 Å². The first-order valence-electron chi connectivity index (χ1n) is 4.93. The third-order valence-corrected chi connectivity index (χ3v) is 2.16. The van der Waals surface area contributed by atoms with E-state index in [2.05, 4.69) is 0 Å². The summed E-state index contributed by atoms with van der Waals surface area (Å²) >= 11 is 0. The molecule has 0 aliphatic heterocycles. The lowest BCUT2D eigenvalue weighted by Gasteiger charge is -2.07. The van der Waals surface area contributed by atoms with E-state index in [0.29, 0.717) is 5.75 Å². The highest BCUT2D eigenvalue weighted by molar-refractivity contribution is 5.88. The molecule has 2 aromatic rings. The van der Waals surface area contributed by atoms with E-state index < -0.39 is 17.3 Å². The second kappa shape index (κ2) is 6.02. The summed E-state index contributed by atoms with van der Waals surface area (Å²) in [4.78, 5) is 10.7. The molecule has 0 fully saturated rings. The zero-order valence-electron chi connectivity index (χ0n) is 9.17. The van der Waals surface area contributed by atoms with Crippen LogP contribution in [0.4, 0.5) is 4.39 Å². The molecule has 2 aromatic carbocycles. The summed E-state index contributed by atoms with van der Waals surface area (Å²) in [6, 6.07) is 12.6. The van der Waals surface area contributed by atoms with Gasteiger partial charge in [-0.15, -0.1) is 12.4 Å². The second-order valence-electron chi connectivity index (χ2n) is 3.34. The fraction of sp³-hybridized carbons (Fsp3) is 0. The van der Waals surface area contributed by atoms with Gasteiger partial charge in [-0.25, -0.2) is 9.18 Å². The van der Waals surface area contributed by atoms with E-state index in [1.165, 1.54) is 18.2 Å². The molecule has 0 heterocycles. The summed E-state index contributed by atoms with van der Waals surface area (Å²) in [6.45, 7) is 0. The van der Waals surface area contributed by atoms with Gasteiger partial charge < -0.3 is 9.84 Å². The molecule has 3 nitrogen and oxygen atoms in total. The molecule has 0 bridgehead atoms. The van der Waals surface area contributed by atoms with Crippen molar-refractivity contribution in [3.8, 4) is 11.5 Å². The number of hydrogen-bond acceptors (Lipinski definition) is 2. The third-order valence-electron chi connectivity index (χ3n) is 2.16. The average molecular weight is 269 g/mol. The highest BCUT2D eigenvalue weighted by Crippen LogP contribution is 2.26. The van der Waals surface area contributed by atoms with Crippen LogP contribution in [0.15, 0.2) is 48.5 Å². The molecule has 0 aliphatic rings. The maximum Gasteiger partial charge on any atom is 0.338 e. The Morgan fingerprint density at radius 3 is 2.33 bits per heavy atom. The SMILES string of the molecule is Cl.O=C(O)c1cccc(Oc2ccccc2)c1F. The average Bonchev–Trinajstić information content (AvgIpc) is 2.33. The van der Waals surface area contributed by atoms with E-state index in [-0.39, 0.29) is 18.2 Å². The van der Waals surface area contributed by atoms with Gasteiger partial charge in [0.05, 0.1) is 5.56 Å². The fourth-order valence-electron chi connectivity index (χ4n) is 1.37. The van der Waals surface area contributed by atoms with Gasteiger partial charge in [0.1, 0.15) is 5.75 Å². The van der Waals surface area contributed by atoms with Crippen LogP contribution in [0.1, 0.15) is 10.4 Å². The van der Waals surface area contributed by atoms with Crippen molar-refractivity contribution in [1.82, 2.24) is 0 Å². The van der Waals surface area contributed by atoms with Crippen LogP contribution >= 0.6 is 12.4 Å². The Balaban J connectivity index is 0.00000162. The number of carboxylic acid groups (broad SMARTS) is 1. The first-order chi connectivity index (χ1) is 8.18. The molecule has 0 spiro atoms. The Kier molecular flexibility index (Phi) is 4.68. The Labute approximate surface area is 109 Å². The van der Waals surface area contributed by atoms with Crippen molar-refractivity contribution in [2.24, 2.45) is 0 Å². The lowest BCUT2D eigenvalue weighted by molar-refractivity contribution is 0.0691. The van der Waals surface area contributed by atoms with E-state index in [9.17, 15) is 9.18 Å². The van der Waals surface area contributed by atoms with Crippen molar-refractivity contribution in [2.45, 2.75) is 0 Å². The largest absolute Gasteiger partial charge is 0.478 e. The van der Waals surface area contributed by atoms with Crippen LogP contribution in [0.25, 0.3) is 0 Å². The zero-order valence-corrected chi connectivity index (χ0v) is 9.99. The van der Waals surface area contributed by atoms with Gasteiger partial charge in [-0.2, -0.15) is 0 Å². The summed E-state index contributed by atoms with van der Waals surface area (Å²) in [7, 11) is 0. The number of aromatic carboxylic acids is 1. The highest BCUT2D eigenvalue weighted by Gasteiger charge is 2.14. The van der Waals surface area contributed by atoms with Crippen LogP contribution in [0.2, 0.25) is 0 Å². The summed E-state index contributed by atoms with van der Waals surface area (Å²) < 4.78 is 19.0. The molecule has 0 radical (unpaired) electrons. The van der Waals surface area contributed by atoms with Crippen molar-refractivity contribution in [2.75, 3.05) is 0 Å². The van der Waals surface area contributed by atoms with Gasteiger partial charge in [-0.05, 0) is 24.3 Å². The number of ether oxygens (including phenoxy) is 1. The van der Waals surface area contributed by atoms with Crippen LogP contribution in [0.5, 0.6) is 11.5 Å². The minimum atomic E-state index is -1.32. The minimum Gasteiger partial charge on any atom is -0.478 e. The molecule has 0 amide bonds. The van der Waals surface area contributed by atoms with Crippen molar-refractivity contribution < 1.29 is 19.0 Å². The number of rotatable bonds is 3. The van der Waals surface area contributed by atoms with Crippen LogP contribution in [0, 0.1) is 5.82 Å². The first-order valence-corrected chi connectivity index (χ1v) is 4.93. The van der Waals surface area contributed by atoms with Crippen LogP contribution in [-0.4, -0.2) is 11.1 Å². The standard InChI is InChI=1S/C13H9FO3.ClH/c14-12-10(13(15)16)7-4-8-11(12)17-9-5-2-1-3-6-9;/h1-8H,(H,15,16);1H. The van der Waals surface area contributed by atoms with Crippen molar-refractivity contribution in [3.63, 3.8) is 0 Å². The summed E-state index contributed by atoms with van der Waals surface area (Å²) in [5.41, 5.74) is -0.404. The molecular formula is C13H10ClFO3. The number of hydrogen-bond donors (Lipinski definition) is 1. The van der Waals surface area contributed by atoms with Gasteiger partial charge >= 0.3 is 5.97 Å². The van der Waals surface area contributed by atoms with Gasteiger partial charge in [-0.1, -0.05) is 24.3 Å². The Hall–Kier alpha value is -2.07. The minimum absolute atomic E-state index is 0. The van der Waals surface area contributed by atoms with E-state index in [4.69, 9.17) is 9.84 Å². The smallest absolute Gasteiger partial charge is 0.338 e. The van der Waals surface area contributed by atoms with Crippen molar-refractivity contribution >= 4 is 18.4 Å². The van der Waals surface area contributed by atoms with Gasteiger partial charge in [0.15, 0.2) is 11.6 Å². The zero-order chi connectivity index (χ0) is 12.3. The maximum absolute atomic E-state index is 13.7. The quantitative estimate of drug-likeness (QED) is 0.922. The van der Waals surface area contributed by atoms with E-state index >= 15 is 0 Å². The lowest BCUT2D eigenvalue weighted by Crippen LogP contribution is -2.01. The van der Waals surface area contributed by atoms with Gasteiger partial charge in [0.25, 0.3) is 0 Å². The third kappa shape index (κ3) is 2.99. The predicted octanol–water partition coefficient (Wildman–Crippen LogP) is 3.74. The van der Waals surface area contributed by atoms with Crippen molar-refractivity contribution in [1.29, 1.82) is 0 Å². The van der Waals surface area contributed by atoms with Gasteiger partial charge in [0, 0.05) is 0 Å². The van der Waals surface area contributed by atoms with Crippen LogP contribution in [-0.2, 0) is 0 Å². The molecular weight excluding hydrogens is 259 g/mol. The molecule has 0 atom stereocenters. The topological polar surface area (TPSA) is 46.5 Å². The van der Waals surface area contributed by atoms with E-state index in [1.54, 1.807) is 30.3 Å². The predicted molar refractivity (Wildman–Crippen MR) is 67.1 cm³/mol. The summed E-state index contributed by atoms with van der Waals surface area (Å²) in [6.07, 6.45) is 0. The second-order valence-corrected chi connectivity index (χ2v) is 3.34. The molecule has 94 valence electrons. The maximum atomic E-state index is 13.7. The number of para-hydroxylation sites is 1. The Morgan fingerprint density at radius 2 is 1.72 bits per heavy atom. The number of benzene rings is 2. The molecule has 0 unspecified atom stereocenters. The summed E-state index contributed by atoms with van der Waals surface area (Å²) in [5.74, 6) is -1.84. The molecule has 0 saturated heterocycles. The van der Waals surface area contributed by atoms with Gasteiger partial charge in [0.2, 0.25) is 0 Å². The Morgan fingerprint density at radius 1 is 1.06 bits per heavy atom. The Bertz CT molecular complexity index is 543. The number of halogens is 2. The highest BCUT2D eigenvalue weighted by atomic mass is 35.5. The molecule has 5 heteroatoms. The lowest BCUT2D eigenvalue weighted by atomic mass is 10.2. The molecule has 0 aromatic heterocycles. The molecule has 18 heavy (non-hydrogen) atoms. The molecule has 1 N–H and O–H groups in total. The van der Waals surface area contributed by atoms with E-state index in [1.807, 2.05) is 0 Å². The number of carboxylic acids is 1. The molecule has 0 aliphatic carbocycles. The van der Waals surface area contributed by atoms with Crippen LogP contribution in [0.3, 0.4) is 0 Å². The summed E-state index contributed by atoms with van der Waals surface area (Å²) in [5, 5.41) is 8.76. The normalized spacial score (nSPS) is 9.39. The van der Waals surface area contributed by atoms with Gasteiger partial charge in [-0.3, -0.25) is 0 Å². The monoisotopic (exact) mass is 268 g/mol. The first kappa shape index (κ1) is 14.0. The molecule has 2 rings (SSSR count). The fourth-order valence-corrected chi connectivity index (χ4v) is 1.37. The van der Waals surface area contributed by atoms with E-state index in [0.717, 1.165) is 0 Å². The molecule has 0 saturated carbocycles.